The van der Waals surface area contributed by atoms with Gasteiger partial charge in [-0.15, -0.1) is 0 Å². The van der Waals surface area contributed by atoms with E-state index in [1.54, 1.807) is 0 Å². The highest BCUT2D eigenvalue weighted by atomic mass is 16.6. The van der Waals surface area contributed by atoms with Gasteiger partial charge in [0.15, 0.2) is 6.61 Å². The van der Waals surface area contributed by atoms with Crippen molar-refractivity contribution in [3.05, 3.63) is 29.3 Å². The van der Waals surface area contributed by atoms with Crippen molar-refractivity contribution in [1.29, 1.82) is 0 Å². The van der Waals surface area contributed by atoms with E-state index in [0.29, 0.717) is 18.4 Å². The molecule has 3 aliphatic rings. The minimum absolute atomic E-state index is 0.101. The van der Waals surface area contributed by atoms with Gasteiger partial charge < -0.3 is 19.3 Å². The fourth-order valence-electron chi connectivity index (χ4n) is 6.73. The molecule has 2 aliphatic carbocycles. The average Bonchev–Trinajstić information content (AvgIpc) is 3.51. The van der Waals surface area contributed by atoms with Crippen LogP contribution in [0.15, 0.2) is 18.2 Å². The fourth-order valence-corrected chi connectivity index (χ4v) is 6.73. The van der Waals surface area contributed by atoms with Crippen LogP contribution in [0.2, 0.25) is 0 Å². The van der Waals surface area contributed by atoms with Crippen LogP contribution >= 0.6 is 0 Å². The van der Waals surface area contributed by atoms with E-state index in [4.69, 9.17) is 14.2 Å². The van der Waals surface area contributed by atoms with E-state index in [1.165, 1.54) is 12.7 Å². The number of nitrogens with zero attached hydrogens (tertiary/aromatic N) is 1. The van der Waals surface area contributed by atoms with Gasteiger partial charge in [-0.25, -0.2) is 4.79 Å². The molecule has 7 nitrogen and oxygen atoms in total. The SMILES string of the molecule is CCCCC[C@@H](O)CC[C@@H]1[C@H]2Cc3cccc(OCC(=O)OC)c3C[C@H]2C[C@H]1OC(=O)CN1CCCC1. The van der Waals surface area contributed by atoms with Crippen molar-refractivity contribution >= 4 is 11.9 Å². The third-order valence-corrected chi connectivity index (χ3v) is 8.70. The highest BCUT2D eigenvalue weighted by Crippen LogP contribution is 2.49. The van der Waals surface area contributed by atoms with E-state index in [2.05, 4.69) is 17.9 Å². The van der Waals surface area contributed by atoms with E-state index in [0.717, 1.165) is 95.0 Å². The summed E-state index contributed by atoms with van der Waals surface area (Å²) in [7, 11) is 1.36. The number of esters is 2. The number of hydrogen-bond donors (Lipinski definition) is 1. The van der Waals surface area contributed by atoms with Crippen molar-refractivity contribution in [3.63, 3.8) is 0 Å². The molecule has 0 aromatic heterocycles. The predicted octanol–water partition coefficient (Wildman–Crippen LogP) is 4.32. The summed E-state index contributed by atoms with van der Waals surface area (Å²) in [6, 6.07) is 6.06. The molecule has 1 saturated heterocycles. The number of likely N-dealkylation sites (tertiary alicyclic amines) is 1. The molecule has 2 fully saturated rings. The van der Waals surface area contributed by atoms with Crippen molar-refractivity contribution in [3.8, 4) is 5.75 Å². The number of methoxy groups -OCH3 is 1. The Morgan fingerprint density at radius 3 is 2.68 bits per heavy atom. The lowest BCUT2D eigenvalue weighted by Gasteiger charge is -2.33. The van der Waals surface area contributed by atoms with Gasteiger partial charge in [0, 0.05) is 0 Å². The number of aliphatic hydroxyl groups excluding tert-OH is 1. The smallest absolute Gasteiger partial charge is 0.343 e. The maximum atomic E-state index is 12.9. The average molecular weight is 516 g/mol. The standard InChI is InChI=1S/C30H45NO6/c1-3-4-5-10-23(32)12-13-24-25-16-21-9-8-11-27(36-20-30(34)35-2)26(21)17-22(25)18-28(24)37-29(33)19-31-14-6-7-15-31/h8-9,11,22-25,28,32H,3-7,10,12-20H2,1-2H3/t22-,23+,24+,25-,28+/m0/s1. The second-order valence-corrected chi connectivity index (χ2v) is 11.2. The van der Waals surface area contributed by atoms with Crippen LogP contribution in [-0.2, 0) is 31.9 Å². The van der Waals surface area contributed by atoms with E-state index >= 15 is 0 Å². The Morgan fingerprint density at radius 1 is 1.11 bits per heavy atom. The molecule has 1 N–H and O–H groups in total. The van der Waals surface area contributed by atoms with Gasteiger partial charge >= 0.3 is 11.9 Å². The van der Waals surface area contributed by atoms with Crippen LogP contribution in [0.5, 0.6) is 5.75 Å². The monoisotopic (exact) mass is 515 g/mol. The predicted molar refractivity (Wildman–Crippen MR) is 141 cm³/mol. The van der Waals surface area contributed by atoms with Crippen molar-refractivity contribution in [2.45, 2.75) is 89.8 Å². The number of rotatable bonds is 13. The summed E-state index contributed by atoms with van der Waals surface area (Å²) in [6.45, 7) is 4.41. The Hall–Kier alpha value is -2.12. The Balaban J connectivity index is 1.45. The maximum Gasteiger partial charge on any atom is 0.343 e. The number of ether oxygens (including phenoxy) is 3. The van der Waals surface area contributed by atoms with Crippen LogP contribution in [0.3, 0.4) is 0 Å². The molecule has 37 heavy (non-hydrogen) atoms. The summed E-state index contributed by atoms with van der Waals surface area (Å²) >= 11 is 0. The summed E-state index contributed by atoms with van der Waals surface area (Å²) < 4.78 is 16.7. The molecular formula is C30H45NO6. The first-order valence-corrected chi connectivity index (χ1v) is 14.4. The van der Waals surface area contributed by atoms with Crippen LogP contribution in [0.4, 0.5) is 0 Å². The normalized spacial score (nSPS) is 25.8. The number of hydrogen-bond acceptors (Lipinski definition) is 7. The Bertz CT molecular complexity index is 898. The lowest BCUT2D eigenvalue weighted by Crippen LogP contribution is -2.33. The third-order valence-electron chi connectivity index (χ3n) is 8.70. The highest BCUT2D eigenvalue weighted by Gasteiger charge is 2.47. The molecule has 7 heteroatoms. The minimum Gasteiger partial charge on any atom is -0.482 e. The summed E-state index contributed by atoms with van der Waals surface area (Å²) in [5, 5.41) is 10.6. The summed E-state index contributed by atoms with van der Waals surface area (Å²) in [4.78, 5) is 26.7. The molecule has 1 saturated carbocycles. The Labute approximate surface area is 221 Å². The summed E-state index contributed by atoms with van der Waals surface area (Å²) in [5.41, 5.74) is 2.41. The minimum atomic E-state index is -0.394. The second kappa shape index (κ2) is 13.6. The van der Waals surface area contributed by atoms with Gasteiger partial charge in [0.2, 0.25) is 0 Å². The van der Waals surface area contributed by atoms with E-state index in [-0.39, 0.29) is 30.7 Å². The molecule has 0 bridgehead atoms. The molecule has 4 rings (SSSR count). The summed E-state index contributed by atoms with van der Waals surface area (Å²) in [6.07, 6.45) is 10.4. The number of aliphatic hydroxyl groups is 1. The number of carbonyl (C=O) groups excluding carboxylic acids is 2. The van der Waals surface area contributed by atoms with E-state index in [9.17, 15) is 14.7 Å². The third kappa shape index (κ3) is 7.47. The second-order valence-electron chi connectivity index (χ2n) is 11.2. The molecule has 0 spiro atoms. The highest BCUT2D eigenvalue weighted by molar-refractivity contribution is 5.72. The van der Waals surface area contributed by atoms with Crippen molar-refractivity contribution < 1.29 is 28.9 Å². The van der Waals surface area contributed by atoms with Crippen LogP contribution in [-0.4, -0.2) is 67.5 Å². The van der Waals surface area contributed by atoms with Crippen LogP contribution in [0, 0.1) is 17.8 Å². The van der Waals surface area contributed by atoms with Crippen molar-refractivity contribution in [2.75, 3.05) is 33.4 Å². The first-order valence-electron chi connectivity index (χ1n) is 14.4. The quantitative estimate of drug-likeness (QED) is 0.309. The zero-order valence-corrected chi connectivity index (χ0v) is 22.7. The van der Waals surface area contributed by atoms with Gasteiger partial charge in [-0.05, 0) is 99.4 Å². The molecule has 1 aliphatic heterocycles. The van der Waals surface area contributed by atoms with Gasteiger partial charge in [-0.1, -0.05) is 38.3 Å². The van der Waals surface area contributed by atoms with Gasteiger partial charge in [-0.3, -0.25) is 9.69 Å². The number of carbonyl (C=O) groups is 2. The van der Waals surface area contributed by atoms with Gasteiger partial charge in [-0.2, -0.15) is 0 Å². The molecule has 5 atom stereocenters. The largest absolute Gasteiger partial charge is 0.482 e. The first-order chi connectivity index (χ1) is 18.0. The van der Waals surface area contributed by atoms with Gasteiger partial charge in [0.1, 0.15) is 11.9 Å². The van der Waals surface area contributed by atoms with Gasteiger partial charge in [0.05, 0.1) is 19.8 Å². The molecule has 1 aromatic rings. The zero-order chi connectivity index (χ0) is 26.2. The first kappa shape index (κ1) is 27.9. The molecular weight excluding hydrogens is 470 g/mol. The topological polar surface area (TPSA) is 85.3 Å². The lowest BCUT2D eigenvalue weighted by atomic mass is 9.73. The van der Waals surface area contributed by atoms with E-state index in [1.807, 2.05) is 12.1 Å². The molecule has 206 valence electrons. The number of fused-ring (bicyclic) bond motifs is 2. The van der Waals surface area contributed by atoms with E-state index < -0.39 is 5.97 Å². The Morgan fingerprint density at radius 2 is 1.92 bits per heavy atom. The molecule has 1 aromatic carbocycles. The van der Waals surface area contributed by atoms with Crippen molar-refractivity contribution in [2.24, 2.45) is 17.8 Å². The van der Waals surface area contributed by atoms with Crippen LogP contribution in [0.1, 0.15) is 75.8 Å². The fraction of sp³-hybridized carbons (Fsp3) is 0.733. The zero-order valence-electron chi connectivity index (χ0n) is 22.7. The van der Waals surface area contributed by atoms with Crippen molar-refractivity contribution in [1.82, 2.24) is 4.90 Å². The van der Waals surface area contributed by atoms with Gasteiger partial charge in [0.25, 0.3) is 0 Å². The molecule has 1 heterocycles. The summed E-state index contributed by atoms with van der Waals surface area (Å²) in [5.74, 6) is 1.30. The Kier molecular flexibility index (Phi) is 10.3. The molecule has 0 radical (unpaired) electrons. The number of benzene rings is 1. The number of unbranched alkanes of at least 4 members (excludes halogenated alkanes) is 2. The molecule has 0 amide bonds. The van der Waals surface area contributed by atoms with Crippen LogP contribution < -0.4 is 4.74 Å². The lowest BCUT2D eigenvalue weighted by molar-refractivity contribution is -0.152. The molecule has 0 unspecified atom stereocenters. The maximum absolute atomic E-state index is 12.9. The van der Waals surface area contributed by atoms with Crippen LogP contribution in [0.25, 0.3) is 0 Å².